The first-order valence-electron chi connectivity index (χ1n) is 5.98. The molecule has 1 fully saturated rings. The van der Waals surface area contributed by atoms with Crippen molar-refractivity contribution in [2.45, 2.75) is 18.9 Å². The summed E-state index contributed by atoms with van der Waals surface area (Å²) in [6.45, 7) is 0.651. The number of hydrogen-bond acceptors (Lipinski definition) is 3. The molecular formula is C13H14FNO4. The Balaban J connectivity index is 2.09. The van der Waals surface area contributed by atoms with E-state index in [0.29, 0.717) is 18.8 Å². The van der Waals surface area contributed by atoms with Crippen molar-refractivity contribution in [3.05, 3.63) is 30.1 Å². The Hall–Kier alpha value is -1.95. The second kappa shape index (κ2) is 5.79. The van der Waals surface area contributed by atoms with E-state index in [1.165, 1.54) is 23.1 Å². The topological polar surface area (TPSA) is 66.8 Å². The molecule has 102 valence electrons. The molecule has 0 bridgehead atoms. The number of hydrogen-bond donors (Lipinski definition) is 1. The summed E-state index contributed by atoms with van der Waals surface area (Å²) in [4.78, 5) is 24.1. The van der Waals surface area contributed by atoms with Crippen LogP contribution in [0.2, 0.25) is 0 Å². The maximum Gasteiger partial charge on any atom is 0.303 e. The Bertz CT molecular complexity index is 491. The molecule has 0 aliphatic carbocycles. The lowest BCUT2D eigenvalue weighted by Crippen LogP contribution is -2.48. The number of morpholine rings is 1. The van der Waals surface area contributed by atoms with E-state index in [-0.39, 0.29) is 18.7 Å². The van der Waals surface area contributed by atoms with Gasteiger partial charge < -0.3 is 14.7 Å². The molecule has 1 amide bonds. The molecule has 1 saturated heterocycles. The van der Waals surface area contributed by atoms with Crippen LogP contribution in [-0.2, 0) is 14.3 Å². The highest BCUT2D eigenvalue weighted by Crippen LogP contribution is 2.21. The second-order valence-corrected chi connectivity index (χ2v) is 4.26. The molecule has 0 saturated carbocycles. The van der Waals surface area contributed by atoms with Crippen molar-refractivity contribution in [2.75, 3.05) is 18.1 Å². The average molecular weight is 267 g/mol. The fraction of sp³-hybridized carbons (Fsp3) is 0.385. The lowest BCUT2D eigenvalue weighted by atomic mass is 10.1. The Kier molecular flexibility index (Phi) is 4.11. The molecule has 19 heavy (non-hydrogen) atoms. The quantitative estimate of drug-likeness (QED) is 0.896. The summed E-state index contributed by atoms with van der Waals surface area (Å²) in [6, 6.07) is 5.74. The van der Waals surface area contributed by atoms with Crippen molar-refractivity contribution < 1.29 is 23.8 Å². The van der Waals surface area contributed by atoms with Gasteiger partial charge >= 0.3 is 5.97 Å². The van der Waals surface area contributed by atoms with E-state index in [1.807, 2.05) is 0 Å². The number of amides is 1. The molecule has 1 N–H and O–H groups in total. The average Bonchev–Trinajstić information content (AvgIpc) is 2.37. The van der Waals surface area contributed by atoms with E-state index in [9.17, 15) is 14.0 Å². The van der Waals surface area contributed by atoms with Crippen LogP contribution in [0.3, 0.4) is 0 Å². The predicted octanol–water partition coefficient (Wildman–Crippen LogP) is 1.42. The Morgan fingerprint density at radius 2 is 2.32 bits per heavy atom. The number of carboxylic acid groups (broad SMARTS) is 1. The summed E-state index contributed by atoms with van der Waals surface area (Å²) in [6.07, 6.45) is -0.777. The molecule has 0 radical (unpaired) electrons. The first kappa shape index (κ1) is 13.5. The highest BCUT2D eigenvalue weighted by molar-refractivity contribution is 5.97. The summed E-state index contributed by atoms with van der Waals surface area (Å²) in [5.41, 5.74) is 0.466. The minimum atomic E-state index is -0.973. The zero-order valence-corrected chi connectivity index (χ0v) is 10.2. The normalized spacial score (nSPS) is 19.5. The second-order valence-electron chi connectivity index (χ2n) is 4.26. The van der Waals surface area contributed by atoms with E-state index < -0.39 is 17.9 Å². The first-order valence-corrected chi connectivity index (χ1v) is 5.98. The zero-order valence-electron chi connectivity index (χ0n) is 10.2. The Morgan fingerprint density at radius 1 is 1.53 bits per heavy atom. The van der Waals surface area contributed by atoms with E-state index in [1.54, 1.807) is 6.07 Å². The largest absolute Gasteiger partial charge is 0.481 e. The van der Waals surface area contributed by atoms with Crippen LogP contribution in [0.5, 0.6) is 0 Å². The first-order chi connectivity index (χ1) is 9.08. The number of carbonyl (C=O) groups is 2. The highest BCUT2D eigenvalue weighted by atomic mass is 19.1. The number of nitrogens with zero attached hydrogens (tertiary/aromatic N) is 1. The summed E-state index contributed by atoms with van der Waals surface area (Å²) in [5.74, 6) is -1.71. The van der Waals surface area contributed by atoms with E-state index >= 15 is 0 Å². The van der Waals surface area contributed by atoms with Crippen molar-refractivity contribution in [1.82, 2.24) is 0 Å². The van der Waals surface area contributed by atoms with Crippen LogP contribution in [0.15, 0.2) is 24.3 Å². The molecule has 1 aliphatic rings. The van der Waals surface area contributed by atoms with Gasteiger partial charge in [0.1, 0.15) is 11.9 Å². The van der Waals surface area contributed by atoms with Crippen LogP contribution >= 0.6 is 0 Å². The number of carbonyl (C=O) groups excluding carboxylic acids is 1. The van der Waals surface area contributed by atoms with E-state index in [4.69, 9.17) is 9.84 Å². The fourth-order valence-electron chi connectivity index (χ4n) is 2.00. The molecule has 1 heterocycles. The van der Waals surface area contributed by atoms with Gasteiger partial charge in [-0.1, -0.05) is 6.07 Å². The monoisotopic (exact) mass is 267 g/mol. The van der Waals surface area contributed by atoms with Crippen LogP contribution in [-0.4, -0.2) is 36.2 Å². The third-order valence-corrected chi connectivity index (χ3v) is 2.92. The summed E-state index contributed by atoms with van der Waals surface area (Å²) in [5, 5.41) is 8.62. The summed E-state index contributed by atoms with van der Waals surface area (Å²) >= 11 is 0. The fourth-order valence-corrected chi connectivity index (χ4v) is 2.00. The molecule has 1 unspecified atom stereocenters. The van der Waals surface area contributed by atoms with Gasteiger partial charge in [0.05, 0.1) is 6.61 Å². The van der Waals surface area contributed by atoms with Crippen LogP contribution in [0.25, 0.3) is 0 Å². The molecule has 0 aromatic heterocycles. The lowest BCUT2D eigenvalue weighted by molar-refractivity contribution is -0.140. The third-order valence-electron chi connectivity index (χ3n) is 2.92. The molecule has 1 aliphatic heterocycles. The molecule has 5 nitrogen and oxygen atoms in total. The number of benzene rings is 1. The minimum absolute atomic E-state index is 0.125. The van der Waals surface area contributed by atoms with E-state index in [2.05, 4.69) is 0 Å². The van der Waals surface area contributed by atoms with E-state index in [0.717, 1.165) is 0 Å². The number of ether oxygens (including phenoxy) is 1. The third kappa shape index (κ3) is 3.29. The van der Waals surface area contributed by atoms with Gasteiger partial charge in [0, 0.05) is 18.7 Å². The van der Waals surface area contributed by atoms with Gasteiger partial charge in [0.2, 0.25) is 0 Å². The van der Waals surface area contributed by atoms with Crippen molar-refractivity contribution in [1.29, 1.82) is 0 Å². The lowest BCUT2D eigenvalue weighted by Gasteiger charge is -2.32. The molecule has 6 heteroatoms. The van der Waals surface area contributed by atoms with Crippen molar-refractivity contribution in [2.24, 2.45) is 0 Å². The standard InChI is InChI=1S/C13H14FNO4/c14-9-2-1-3-10(8-9)15-6-7-19-11(13(15)18)4-5-12(16)17/h1-3,8,11H,4-7H2,(H,16,17). The van der Waals surface area contributed by atoms with Crippen molar-refractivity contribution in [3.63, 3.8) is 0 Å². The SMILES string of the molecule is O=C(O)CCC1OCCN(c2cccc(F)c2)C1=O. The highest BCUT2D eigenvalue weighted by Gasteiger charge is 2.30. The summed E-state index contributed by atoms with van der Waals surface area (Å²) in [7, 11) is 0. The van der Waals surface area contributed by atoms with Crippen LogP contribution in [0.1, 0.15) is 12.8 Å². The number of carboxylic acids is 1. The predicted molar refractivity (Wildman–Crippen MR) is 65.4 cm³/mol. The maximum absolute atomic E-state index is 13.2. The molecule has 1 aromatic carbocycles. The Morgan fingerprint density at radius 3 is 3.00 bits per heavy atom. The van der Waals surface area contributed by atoms with Gasteiger partial charge in [0.25, 0.3) is 5.91 Å². The molecule has 1 atom stereocenters. The van der Waals surface area contributed by atoms with Gasteiger partial charge in [-0.05, 0) is 24.6 Å². The van der Waals surface area contributed by atoms with Gasteiger partial charge in [-0.3, -0.25) is 9.59 Å². The van der Waals surface area contributed by atoms with Crippen LogP contribution < -0.4 is 4.90 Å². The number of anilines is 1. The number of aliphatic carboxylic acids is 1. The molecular weight excluding hydrogens is 253 g/mol. The molecule has 1 aromatic rings. The minimum Gasteiger partial charge on any atom is -0.481 e. The van der Waals surface area contributed by atoms with Crippen molar-refractivity contribution in [3.8, 4) is 0 Å². The maximum atomic E-state index is 13.2. The smallest absolute Gasteiger partial charge is 0.303 e. The van der Waals surface area contributed by atoms with Gasteiger partial charge in [-0.2, -0.15) is 0 Å². The number of rotatable bonds is 4. The number of halogens is 1. The molecule has 2 rings (SSSR count). The molecule has 0 spiro atoms. The Labute approximate surface area is 109 Å². The van der Waals surface area contributed by atoms with Crippen LogP contribution in [0, 0.1) is 5.82 Å². The van der Waals surface area contributed by atoms with Gasteiger partial charge in [-0.15, -0.1) is 0 Å². The zero-order chi connectivity index (χ0) is 13.8. The van der Waals surface area contributed by atoms with Gasteiger partial charge in [-0.25, -0.2) is 4.39 Å². The van der Waals surface area contributed by atoms with Crippen molar-refractivity contribution >= 4 is 17.6 Å². The van der Waals surface area contributed by atoms with Gasteiger partial charge in [0.15, 0.2) is 0 Å². The van der Waals surface area contributed by atoms with Crippen LogP contribution in [0.4, 0.5) is 10.1 Å². The summed E-state index contributed by atoms with van der Waals surface area (Å²) < 4.78 is 18.4.